The number of anilines is 4. The van der Waals surface area contributed by atoms with Gasteiger partial charge in [-0.25, -0.2) is 4.79 Å². The predicted molar refractivity (Wildman–Crippen MR) is 567 cm³/mol. The van der Waals surface area contributed by atoms with E-state index in [-0.39, 0.29) is 39.5 Å². The number of Topliss-reactive ketones (excluding diaryl/α,β-unsaturated/α-hetero) is 1. The average Bonchev–Trinajstić information content (AvgIpc) is 1.83. The van der Waals surface area contributed by atoms with E-state index in [2.05, 4.69) is 244 Å². The van der Waals surface area contributed by atoms with Gasteiger partial charge < -0.3 is 35.6 Å². The number of nitrogens with zero attached hydrogens (tertiary/aromatic N) is 10. The number of alkyl halides is 2. The summed E-state index contributed by atoms with van der Waals surface area (Å²) >= 11 is 6.66. The standard InChI is InChI=1S/C29H41NO.C14H22N2.C14H18N2.C13H17NO.C12H12N2O2.C12H14N2.C8H6N2O2.C4H8Br2.2C4H8O/c1-21(2)26-10-9-11-27(22(3)4)28(26)20-25(31)16-19-29(17-7-8-18-29)23-12-14-24(15-13-23)30(5)6;2*1-16(2)13-7-5-12(6-8-13)14(11-15)9-3-4-10-14;1-9(2)11-6-5-7-12(10(3)4)13(11)14-8-15;13-9-12(7-1-2-8-12)10-3-5-11(6-4-10)14(15)16;13-9-12(7-1-2-8-12)10-3-5-11(14)6-4-10;9-6-5-7-1-3-8(4-2-7)10(11)12;5-3-1-2-4-6;2*1-2-4-5-3-1/h9-15,21-22H,7-8,16-20H2,1-6H3;5-8H,3-4,9-11,15H2,1-2H3;5-8H,3-4,9-10H2,1-2H3;5-7,9-10H,1-4H3;3-6H,1-2,7-8H2;3-6H,1-2,7-8,14H2;1-4H,5H2;1-4H2;2*1-4H2. The summed E-state index contributed by atoms with van der Waals surface area (Å²) in [5.41, 5.74) is 29.7. The number of para-hydroxylation sites is 1. The van der Waals surface area contributed by atoms with E-state index in [0.29, 0.717) is 42.3 Å². The van der Waals surface area contributed by atoms with E-state index in [1.165, 1.54) is 177 Å². The van der Waals surface area contributed by atoms with Crippen molar-refractivity contribution in [3.8, 4) is 24.3 Å². The number of ketones is 1. The topological polar surface area (TPSA) is 308 Å². The van der Waals surface area contributed by atoms with E-state index in [4.69, 9.17) is 26.2 Å². The summed E-state index contributed by atoms with van der Waals surface area (Å²) in [6, 6.07) is 68.5. The van der Waals surface area contributed by atoms with E-state index in [1.807, 2.05) is 62.6 Å². The maximum atomic E-state index is 13.2. The number of aliphatic imine (C=N–C) groups is 1. The second-order valence-corrected chi connectivity index (χ2v) is 40.4. The van der Waals surface area contributed by atoms with Crippen molar-refractivity contribution in [2.24, 2.45) is 10.7 Å². The van der Waals surface area contributed by atoms with E-state index < -0.39 is 15.3 Å². The molecule has 0 amide bonds. The smallest absolute Gasteiger partial charge is 0.269 e. The molecule has 7 aliphatic rings. The molecular weight excluding hydrogens is 1830 g/mol. The minimum atomic E-state index is -0.462. The lowest BCUT2D eigenvalue weighted by molar-refractivity contribution is -0.385. The maximum Gasteiger partial charge on any atom is 0.269 e. The summed E-state index contributed by atoms with van der Waals surface area (Å²) < 4.78 is 9.89. The molecule has 22 heteroatoms. The highest BCUT2D eigenvalue weighted by atomic mass is 79.9. The fourth-order valence-electron chi connectivity index (χ4n) is 19.0. The molecule has 20 nitrogen and oxygen atoms in total. The third-order valence-corrected chi connectivity index (χ3v) is 28.5. The Morgan fingerprint density at radius 2 is 0.735 bits per heavy atom. The molecule has 2 aliphatic heterocycles. The number of carbonyl (C=O) groups is 1. The summed E-state index contributed by atoms with van der Waals surface area (Å²) in [5, 5.41) is 59.2. The second-order valence-electron chi connectivity index (χ2n) is 38.9. The fourth-order valence-corrected chi connectivity index (χ4v) is 19.8. The van der Waals surface area contributed by atoms with Crippen molar-refractivity contribution in [1.29, 1.82) is 21.0 Å². The number of non-ortho nitro benzene ring substituents is 2. The Hall–Kier alpha value is -10.4. The van der Waals surface area contributed by atoms with Gasteiger partial charge in [0.05, 0.1) is 62.5 Å². The molecule has 5 aliphatic carbocycles. The lowest BCUT2D eigenvalue weighted by Crippen LogP contribution is -2.31. The highest BCUT2D eigenvalue weighted by molar-refractivity contribution is 9.09. The van der Waals surface area contributed by atoms with Crippen LogP contribution in [0, 0.1) is 65.6 Å². The number of nitrogens with two attached hydrogens (primary N) is 2. The van der Waals surface area contributed by atoms with Gasteiger partial charge in [-0.3, -0.25) is 25.0 Å². The minimum Gasteiger partial charge on any atom is -0.399 e. The Labute approximate surface area is 831 Å². The molecule has 0 aromatic heterocycles. The second kappa shape index (κ2) is 59.7. The zero-order valence-corrected chi connectivity index (χ0v) is 87.1. The normalized spacial score (nSPS) is 16.1. The Bertz CT molecular complexity index is 5000. The van der Waals surface area contributed by atoms with Gasteiger partial charge in [0.2, 0.25) is 6.08 Å². The van der Waals surface area contributed by atoms with Gasteiger partial charge in [-0.05, 0) is 248 Å². The van der Waals surface area contributed by atoms with E-state index in [0.717, 1.165) is 153 Å². The molecule has 0 radical (unpaired) electrons. The van der Waals surface area contributed by atoms with Crippen molar-refractivity contribution in [3.05, 3.63) is 263 Å². The number of rotatable bonds is 25. The van der Waals surface area contributed by atoms with Gasteiger partial charge >= 0.3 is 0 Å². The van der Waals surface area contributed by atoms with Crippen molar-refractivity contribution in [1.82, 2.24) is 0 Å². The molecule has 4 N–H and O–H groups in total. The number of nitriles is 4. The van der Waals surface area contributed by atoms with Gasteiger partial charge in [0, 0.05) is 151 Å². The summed E-state index contributed by atoms with van der Waals surface area (Å²) in [4.78, 5) is 53.7. The number of unbranched alkanes of at least 4 members (excludes halogenated alkanes) is 1. The van der Waals surface area contributed by atoms with Gasteiger partial charge in [0.15, 0.2) is 0 Å². The number of benzene rings is 8. The van der Waals surface area contributed by atoms with Crippen LogP contribution >= 0.6 is 31.9 Å². The van der Waals surface area contributed by atoms with Crippen LogP contribution in [0.2, 0.25) is 0 Å². The van der Waals surface area contributed by atoms with Gasteiger partial charge in [0.25, 0.3) is 11.4 Å². The van der Waals surface area contributed by atoms with Crippen molar-refractivity contribution >= 4 is 83.5 Å². The molecule has 2 saturated heterocycles. The molecular formula is C114H154Br2N12O8. The third-order valence-electron chi connectivity index (χ3n) is 27.4. The number of ether oxygens (including phenoxy) is 2. The first kappa shape index (κ1) is 114. The monoisotopic (exact) mass is 1980 g/mol. The molecule has 0 spiro atoms. The molecule has 15 rings (SSSR count). The van der Waals surface area contributed by atoms with Crippen LogP contribution in [-0.4, -0.2) is 108 Å². The summed E-state index contributed by atoms with van der Waals surface area (Å²) in [7, 11) is 12.4. The molecule has 8 aromatic rings. The number of nitro groups is 2. The van der Waals surface area contributed by atoms with E-state index in [9.17, 15) is 45.6 Å². The molecule has 0 bridgehead atoms. The zero-order valence-electron chi connectivity index (χ0n) is 83.9. The average molecular weight is 1980 g/mol. The lowest BCUT2D eigenvalue weighted by Gasteiger charge is -2.30. The van der Waals surface area contributed by atoms with Crippen LogP contribution < -0.4 is 26.2 Å². The number of halogens is 2. The molecule has 5 saturated carbocycles. The molecule has 7 fully saturated rings. The van der Waals surface area contributed by atoms with Gasteiger partial charge in [-0.15, -0.1) is 0 Å². The highest BCUT2D eigenvalue weighted by Gasteiger charge is 2.40. The minimum absolute atomic E-state index is 0.0525. The van der Waals surface area contributed by atoms with Crippen LogP contribution in [0.15, 0.2) is 187 Å². The number of isocyanates is 1. The zero-order chi connectivity index (χ0) is 99.7. The summed E-state index contributed by atoms with van der Waals surface area (Å²) in [5.74, 6) is 2.02. The van der Waals surface area contributed by atoms with Crippen molar-refractivity contribution in [3.63, 3.8) is 0 Å². The number of hydrogen-bond donors (Lipinski definition) is 2. The molecule has 2 heterocycles. The quantitative estimate of drug-likeness (QED) is 0.0102. The molecule has 0 atom stereocenters. The molecule has 136 heavy (non-hydrogen) atoms. The molecule has 0 unspecified atom stereocenters. The molecule has 732 valence electrons. The van der Waals surface area contributed by atoms with E-state index >= 15 is 0 Å². The first-order valence-electron chi connectivity index (χ1n) is 49.4. The summed E-state index contributed by atoms with van der Waals surface area (Å²) in [6.07, 6.45) is 34.6. The van der Waals surface area contributed by atoms with Crippen LogP contribution in [0.3, 0.4) is 0 Å². The molecule has 8 aromatic carbocycles. The van der Waals surface area contributed by atoms with E-state index in [1.54, 1.807) is 30.3 Å². The number of carbonyl (C=O) groups excluding carboxylic acids is 2. The Balaban J connectivity index is 0.000000241. The van der Waals surface area contributed by atoms with Crippen LogP contribution in [0.4, 0.5) is 39.8 Å². The summed E-state index contributed by atoms with van der Waals surface area (Å²) in [6.45, 7) is 22.1. The predicted octanol–water partition coefficient (Wildman–Crippen LogP) is 28.3. The number of nitro benzene ring substituents is 2. The SMILES string of the molecule is BrCCCCBr.C1CCOC1.C1CCOC1.CC(C)c1cccc(C(C)C)c1CC(=O)CCC1(c2ccc(N(C)C)cc2)CCCC1.CC(C)c1cccc(C(C)C)c1N=C=O.CN(C)c1ccc(C2(C#N)CCCC2)cc1.CN(C)c1ccc(C2(CN)CCCC2)cc1.N#CC1(c2ccc(N)cc2)CCCC1.N#CC1(c2ccc([N+](=O)[O-])cc2)CCCC1.N#CCc1ccc([N+](=O)[O-])cc1. The highest BCUT2D eigenvalue weighted by Crippen LogP contribution is 2.48. The Morgan fingerprint density at radius 3 is 1.02 bits per heavy atom. The van der Waals surface area contributed by atoms with Gasteiger partial charge in [0.1, 0.15) is 5.78 Å². The third kappa shape index (κ3) is 35.2. The van der Waals surface area contributed by atoms with Crippen molar-refractivity contribution < 1.29 is 28.9 Å². The van der Waals surface area contributed by atoms with Crippen LogP contribution in [0.5, 0.6) is 0 Å². The van der Waals surface area contributed by atoms with Crippen molar-refractivity contribution in [2.75, 3.05) is 106 Å². The van der Waals surface area contributed by atoms with Crippen LogP contribution in [-0.2, 0) is 59.0 Å². The van der Waals surface area contributed by atoms with Gasteiger partial charge in [-0.1, -0.05) is 261 Å². The van der Waals surface area contributed by atoms with Gasteiger partial charge in [-0.2, -0.15) is 26.0 Å². The Kier molecular flexibility index (Phi) is 50.2. The number of hydrogen-bond acceptors (Lipinski definition) is 18. The Morgan fingerprint density at radius 1 is 0.434 bits per heavy atom. The first-order valence-corrected chi connectivity index (χ1v) is 51.6. The van der Waals surface area contributed by atoms with Crippen LogP contribution in [0.25, 0.3) is 0 Å². The van der Waals surface area contributed by atoms with Crippen LogP contribution in [0.1, 0.15) is 320 Å². The maximum absolute atomic E-state index is 13.2. The fraction of sp³-hybridized carbons (Fsp3) is 0.526. The number of nitrogen functional groups attached to an aromatic ring is 1. The largest absolute Gasteiger partial charge is 0.399 e. The lowest BCUT2D eigenvalue weighted by atomic mass is 9.74. The van der Waals surface area contributed by atoms with Crippen molar-refractivity contribution in [2.45, 2.75) is 299 Å². The first-order chi connectivity index (χ1) is 65.3.